The van der Waals surface area contributed by atoms with Crippen molar-refractivity contribution in [1.29, 1.82) is 0 Å². The molecule has 1 aromatic carbocycles. The standard InChI is InChI=1S/C14H22BrNO/c1-5-11-6-10(4)14(17)13(7-11)16-8-12(15)9(2)3/h6-7,9,12,16-17H,5,8H2,1-4H3/p-1. The summed E-state index contributed by atoms with van der Waals surface area (Å²) in [6.07, 6.45) is 0.956. The molecule has 0 saturated heterocycles. The van der Waals surface area contributed by atoms with Crippen LogP contribution in [-0.4, -0.2) is 11.4 Å². The molecule has 0 aliphatic carbocycles. The van der Waals surface area contributed by atoms with Gasteiger partial charge in [0.15, 0.2) is 0 Å². The SMILES string of the molecule is CCc1cc(C)c([O-])c(NCC(Br)C(C)C)c1. The van der Waals surface area contributed by atoms with Crippen LogP contribution in [0.4, 0.5) is 5.69 Å². The van der Waals surface area contributed by atoms with Gasteiger partial charge in [-0.3, -0.25) is 0 Å². The lowest BCUT2D eigenvalue weighted by atomic mass is 10.1. The van der Waals surface area contributed by atoms with Crippen LogP contribution in [0.2, 0.25) is 0 Å². The van der Waals surface area contributed by atoms with E-state index in [2.05, 4.69) is 42.0 Å². The van der Waals surface area contributed by atoms with Gasteiger partial charge in [-0.15, -0.1) is 0 Å². The molecule has 2 nitrogen and oxygen atoms in total. The van der Waals surface area contributed by atoms with Gasteiger partial charge in [-0.2, -0.15) is 0 Å². The second-order valence-corrected chi connectivity index (χ2v) is 5.96. The van der Waals surface area contributed by atoms with Crippen molar-refractivity contribution in [3.8, 4) is 5.75 Å². The highest BCUT2D eigenvalue weighted by molar-refractivity contribution is 9.09. The van der Waals surface area contributed by atoms with Gasteiger partial charge in [-0.25, -0.2) is 0 Å². The molecule has 1 atom stereocenters. The molecule has 0 bridgehead atoms. The molecule has 17 heavy (non-hydrogen) atoms. The monoisotopic (exact) mass is 298 g/mol. The summed E-state index contributed by atoms with van der Waals surface area (Å²) in [4.78, 5) is 0.382. The van der Waals surface area contributed by atoms with Gasteiger partial charge >= 0.3 is 0 Å². The number of hydrogen-bond donors (Lipinski definition) is 1. The summed E-state index contributed by atoms with van der Waals surface area (Å²) >= 11 is 3.61. The van der Waals surface area contributed by atoms with Crippen molar-refractivity contribution in [2.24, 2.45) is 5.92 Å². The highest BCUT2D eigenvalue weighted by Crippen LogP contribution is 2.27. The molecule has 1 N–H and O–H groups in total. The summed E-state index contributed by atoms with van der Waals surface area (Å²) in [7, 11) is 0. The highest BCUT2D eigenvalue weighted by Gasteiger charge is 2.09. The molecule has 0 aliphatic rings. The van der Waals surface area contributed by atoms with Crippen molar-refractivity contribution in [2.45, 2.75) is 38.9 Å². The van der Waals surface area contributed by atoms with Crippen molar-refractivity contribution < 1.29 is 5.11 Å². The van der Waals surface area contributed by atoms with E-state index in [-0.39, 0.29) is 5.75 Å². The minimum Gasteiger partial charge on any atom is -0.871 e. The van der Waals surface area contributed by atoms with E-state index in [0.717, 1.165) is 24.2 Å². The maximum absolute atomic E-state index is 11.9. The molecule has 0 aliphatic heterocycles. The fraction of sp³-hybridized carbons (Fsp3) is 0.571. The van der Waals surface area contributed by atoms with E-state index in [1.165, 1.54) is 5.56 Å². The summed E-state index contributed by atoms with van der Waals surface area (Å²) in [6.45, 7) is 9.07. The minimum atomic E-state index is 0.116. The molecule has 0 fully saturated rings. The molecule has 96 valence electrons. The van der Waals surface area contributed by atoms with Gasteiger partial charge in [-0.1, -0.05) is 54.1 Å². The van der Waals surface area contributed by atoms with Crippen molar-refractivity contribution in [3.05, 3.63) is 23.3 Å². The summed E-state index contributed by atoms with van der Waals surface area (Å²) in [5.41, 5.74) is 2.76. The Balaban J connectivity index is 2.80. The van der Waals surface area contributed by atoms with Gasteiger partial charge in [0.05, 0.1) is 0 Å². The number of nitrogens with one attached hydrogen (secondary N) is 1. The number of benzene rings is 1. The number of hydrogen-bond acceptors (Lipinski definition) is 2. The molecule has 0 aromatic heterocycles. The zero-order valence-corrected chi connectivity index (χ0v) is 12.6. The summed E-state index contributed by atoms with van der Waals surface area (Å²) in [6, 6.07) is 3.94. The van der Waals surface area contributed by atoms with Gasteiger partial charge in [-0.05, 0) is 30.9 Å². The first kappa shape index (κ1) is 14.4. The van der Waals surface area contributed by atoms with E-state index in [0.29, 0.717) is 10.7 Å². The Morgan fingerprint density at radius 1 is 1.35 bits per heavy atom. The maximum atomic E-state index is 11.9. The minimum absolute atomic E-state index is 0.116. The van der Waals surface area contributed by atoms with Gasteiger partial charge < -0.3 is 10.4 Å². The predicted molar refractivity (Wildman–Crippen MR) is 76.0 cm³/mol. The second kappa shape index (κ2) is 6.29. The van der Waals surface area contributed by atoms with Crippen LogP contribution in [0.1, 0.15) is 31.9 Å². The van der Waals surface area contributed by atoms with Crippen molar-refractivity contribution in [2.75, 3.05) is 11.9 Å². The van der Waals surface area contributed by atoms with Gasteiger partial charge in [0, 0.05) is 17.1 Å². The number of aryl methyl sites for hydroxylation is 2. The fourth-order valence-electron chi connectivity index (χ4n) is 1.63. The normalized spacial score (nSPS) is 12.8. The molecule has 1 aromatic rings. The van der Waals surface area contributed by atoms with E-state index in [9.17, 15) is 5.11 Å². The Labute approximate surface area is 113 Å². The molecule has 0 heterocycles. The summed E-state index contributed by atoms with van der Waals surface area (Å²) in [5, 5.41) is 15.2. The van der Waals surface area contributed by atoms with E-state index < -0.39 is 0 Å². The maximum Gasteiger partial charge on any atom is 0.0341 e. The van der Waals surface area contributed by atoms with Crippen LogP contribution in [-0.2, 0) is 6.42 Å². The molecular weight excluding hydrogens is 278 g/mol. The number of anilines is 1. The molecule has 1 rings (SSSR count). The average molecular weight is 299 g/mol. The Kier molecular flexibility index (Phi) is 5.31. The third kappa shape index (κ3) is 3.91. The van der Waals surface area contributed by atoms with Gasteiger partial charge in [0.1, 0.15) is 0 Å². The van der Waals surface area contributed by atoms with E-state index >= 15 is 0 Å². The topological polar surface area (TPSA) is 35.1 Å². The number of rotatable bonds is 5. The Bertz CT molecular complexity index is 377. The second-order valence-electron chi connectivity index (χ2n) is 4.78. The third-order valence-electron chi connectivity index (χ3n) is 2.95. The summed E-state index contributed by atoms with van der Waals surface area (Å²) in [5.74, 6) is 0.665. The predicted octanol–water partition coefficient (Wildman–Crippen LogP) is 3.46. The number of halogens is 1. The van der Waals surface area contributed by atoms with Crippen LogP contribution in [0.15, 0.2) is 12.1 Å². The highest BCUT2D eigenvalue weighted by atomic mass is 79.9. The number of alkyl halides is 1. The van der Waals surface area contributed by atoms with Crippen molar-refractivity contribution in [3.63, 3.8) is 0 Å². The molecule has 0 radical (unpaired) electrons. The van der Waals surface area contributed by atoms with Crippen molar-refractivity contribution in [1.82, 2.24) is 0 Å². The van der Waals surface area contributed by atoms with Crippen LogP contribution < -0.4 is 10.4 Å². The van der Waals surface area contributed by atoms with E-state index in [1.807, 2.05) is 19.1 Å². The smallest absolute Gasteiger partial charge is 0.0341 e. The largest absolute Gasteiger partial charge is 0.871 e. The summed E-state index contributed by atoms with van der Waals surface area (Å²) < 4.78 is 0. The zero-order valence-electron chi connectivity index (χ0n) is 11.0. The zero-order chi connectivity index (χ0) is 13.0. The first-order chi connectivity index (χ1) is 7.95. The lowest BCUT2D eigenvalue weighted by molar-refractivity contribution is -0.268. The Hall–Kier alpha value is -0.700. The van der Waals surface area contributed by atoms with Crippen LogP contribution in [0.5, 0.6) is 5.75 Å². The van der Waals surface area contributed by atoms with Gasteiger partial charge in [0.2, 0.25) is 0 Å². The first-order valence-corrected chi connectivity index (χ1v) is 7.05. The van der Waals surface area contributed by atoms with Crippen LogP contribution in [0.3, 0.4) is 0 Å². The lowest BCUT2D eigenvalue weighted by Gasteiger charge is -2.22. The fourth-order valence-corrected chi connectivity index (χ4v) is 1.79. The molecule has 0 amide bonds. The van der Waals surface area contributed by atoms with E-state index in [4.69, 9.17) is 0 Å². The molecule has 0 saturated carbocycles. The Morgan fingerprint density at radius 3 is 2.53 bits per heavy atom. The molecule has 1 unspecified atom stereocenters. The van der Waals surface area contributed by atoms with Gasteiger partial charge in [0.25, 0.3) is 0 Å². The Morgan fingerprint density at radius 2 is 2.00 bits per heavy atom. The quantitative estimate of drug-likeness (QED) is 0.845. The van der Waals surface area contributed by atoms with Crippen LogP contribution >= 0.6 is 15.9 Å². The lowest BCUT2D eigenvalue weighted by Crippen LogP contribution is -2.20. The van der Waals surface area contributed by atoms with Crippen molar-refractivity contribution >= 4 is 21.6 Å². The van der Waals surface area contributed by atoms with Crippen LogP contribution in [0, 0.1) is 12.8 Å². The van der Waals surface area contributed by atoms with Crippen LogP contribution in [0.25, 0.3) is 0 Å². The third-order valence-corrected chi connectivity index (χ3v) is 4.33. The van der Waals surface area contributed by atoms with E-state index in [1.54, 1.807) is 0 Å². The first-order valence-electron chi connectivity index (χ1n) is 6.14. The molecule has 3 heteroatoms. The average Bonchev–Trinajstić information content (AvgIpc) is 2.30. The molecular formula is C14H21BrNO-. The molecule has 0 spiro atoms.